The van der Waals surface area contributed by atoms with Crippen molar-refractivity contribution in [2.24, 2.45) is 0 Å². The monoisotopic (exact) mass is 505 g/mol. The number of carboxylic acids is 1. The van der Waals surface area contributed by atoms with Crippen LogP contribution in [0.25, 0.3) is 10.8 Å². The number of fused-ring (bicyclic) bond motifs is 1. The van der Waals surface area contributed by atoms with Gasteiger partial charge in [0.25, 0.3) is 5.91 Å². The molecule has 0 saturated carbocycles. The lowest BCUT2D eigenvalue weighted by atomic mass is 10.0. The maximum atomic E-state index is 13.6. The largest absolute Gasteiger partial charge is 0.480 e. The summed E-state index contributed by atoms with van der Waals surface area (Å²) >= 11 is 0. The number of aryl methyl sites for hydroxylation is 3. The van der Waals surface area contributed by atoms with E-state index in [2.05, 4.69) is 10.6 Å². The van der Waals surface area contributed by atoms with Gasteiger partial charge in [-0.05, 0) is 61.2 Å². The van der Waals surface area contributed by atoms with Crippen molar-refractivity contribution >= 4 is 40.1 Å². The molecule has 0 radical (unpaired) electrons. The van der Waals surface area contributed by atoms with Gasteiger partial charge >= 0.3 is 12.0 Å². The number of nitrogens with one attached hydrogen (secondary N) is 2. The highest BCUT2D eigenvalue weighted by Gasteiger charge is 2.29. The maximum absolute atomic E-state index is 13.6. The summed E-state index contributed by atoms with van der Waals surface area (Å²) in [5.74, 6) is -1.69. The number of hydrogen-bond donors (Lipinski definition) is 3. The number of unbranched alkanes of at least 4 members (excludes halogenated alkanes) is 1. The molecule has 0 saturated heterocycles. The van der Waals surface area contributed by atoms with Crippen molar-refractivity contribution in [1.29, 1.82) is 0 Å². The van der Waals surface area contributed by atoms with Crippen LogP contribution in [0.2, 0.25) is 0 Å². The van der Waals surface area contributed by atoms with E-state index in [0.29, 0.717) is 12.3 Å². The van der Waals surface area contributed by atoms with Gasteiger partial charge in [0.15, 0.2) is 6.04 Å². The predicted octanol–water partition coefficient (Wildman–Crippen LogP) is 5.75. The fraction of sp³-hybridized carbons (Fsp3) is 0.345. The molecule has 37 heavy (non-hydrogen) atoms. The fourth-order valence-electron chi connectivity index (χ4n) is 4.29. The Bertz CT molecular complexity index is 1280. The Balaban J connectivity index is 1.92. The summed E-state index contributed by atoms with van der Waals surface area (Å²) in [4.78, 5) is 39.7. The number of aliphatic carboxylic acids is 1. The third-order valence-corrected chi connectivity index (χ3v) is 6.27. The molecule has 0 aliphatic rings. The van der Waals surface area contributed by atoms with Gasteiger partial charge < -0.3 is 25.4 Å². The summed E-state index contributed by atoms with van der Waals surface area (Å²) in [6.45, 7) is 8.14. The van der Waals surface area contributed by atoms with Crippen LogP contribution in [0.1, 0.15) is 46.8 Å². The Labute approximate surface area is 217 Å². The van der Waals surface area contributed by atoms with E-state index < -0.39 is 23.9 Å². The van der Waals surface area contributed by atoms with Crippen LogP contribution in [0.5, 0.6) is 0 Å². The number of rotatable bonds is 10. The Hall–Kier alpha value is -3.91. The van der Waals surface area contributed by atoms with Crippen molar-refractivity contribution < 1.29 is 24.2 Å². The number of likely N-dealkylation sites (N-methyl/N-ethyl adjacent to an activating group) is 1. The van der Waals surface area contributed by atoms with Crippen LogP contribution in [0.4, 0.5) is 16.2 Å². The molecule has 1 atom stereocenters. The third-order valence-electron chi connectivity index (χ3n) is 6.27. The average Bonchev–Trinajstić information content (AvgIpc) is 2.84. The second-order valence-electron chi connectivity index (χ2n) is 9.30. The van der Waals surface area contributed by atoms with E-state index in [4.69, 9.17) is 4.74 Å². The molecule has 3 aromatic rings. The molecule has 0 spiro atoms. The highest BCUT2D eigenvalue weighted by atomic mass is 16.5. The first-order chi connectivity index (χ1) is 17.6. The number of anilines is 2. The van der Waals surface area contributed by atoms with Crippen molar-refractivity contribution in [1.82, 2.24) is 4.90 Å². The van der Waals surface area contributed by atoms with E-state index in [0.717, 1.165) is 45.2 Å². The Morgan fingerprint density at radius 3 is 2.19 bits per heavy atom. The van der Waals surface area contributed by atoms with Gasteiger partial charge in [-0.25, -0.2) is 9.59 Å². The highest BCUT2D eigenvalue weighted by Crippen LogP contribution is 2.27. The molecule has 3 amide bonds. The zero-order valence-corrected chi connectivity index (χ0v) is 22.1. The SMILES string of the molecule is CCCCOCC(C(=O)O)N(C)C(=O)c1cc2ccccc2cc1NC(=O)Nc1c(C)cc(C)cc1C. The first-order valence-corrected chi connectivity index (χ1v) is 12.4. The normalized spacial score (nSPS) is 11.7. The number of amides is 3. The maximum Gasteiger partial charge on any atom is 0.328 e. The molecule has 0 aliphatic heterocycles. The molecule has 0 aliphatic carbocycles. The zero-order chi connectivity index (χ0) is 27.1. The summed E-state index contributed by atoms with van der Waals surface area (Å²) in [5, 5.41) is 17.1. The second kappa shape index (κ2) is 12.4. The number of carbonyl (C=O) groups is 3. The Morgan fingerprint density at radius 2 is 1.59 bits per heavy atom. The fourth-order valence-corrected chi connectivity index (χ4v) is 4.29. The number of hydrogen-bond acceptors (Lipinski definition) is 4. The molecule has 8 nitrogen and oxygen atoms in total. The third kappa shape index (κ3) is 6.86. The molecule has 0 heterocycles. The van der Waals surface area contributed by atoms with Crippen molar-refractivity contribution in [2.75, 3.05) is 30.9 Å². The zero-order valence-electron chi connectivity index (χ0n) is 22.1. The Kier molecular flexibility index (Phi) is 9.25. The first kappa shape index (κ1) is 27.7. The number of carboxylic acid groups (broad SMARTS) is 1. The highest BCUT2D eigenvalue weighted by molar-refractivity contribution is 6.10. The van der Waals surface area contributed by atoms with Gasteiger partial charge in [-0.1, -0.05) is 55.3 Å². The van der Waals surface area contributed by atoms with Crippen LogP contribution >= 0.6 is 0 Å². The van der Waals surface area contributed by atoms with Crippen LogP contribution in [0, 0.1) is 20.8 Å². The van der Waals surface area contributed by atoms with Crippen LogP contribution in [0.15, 0.2) is 48.5 Å². The summed E-state index contributed by atoms with van der Waals surface area (Å²) < 4.78 is 5.51. The number of benzene rings is 3. The van der Waals surface area contributed by atoms with Crippen LogP contribution < -0.4 is 10.6 Å². The second-order valence-corrected chi connectivity index (χ2v) is 9.30. The molecule has 3 aromatic carbocycles. The van der Waals surface area contributed by atoms with E-state index in [1.54, 1.807) is 12.1 Å². The Morgan fingerprint density at radius 1 is 0.973 bits per heavy atom. The minimum Gasteiger partial charge on any atom is -0.480 e. The summed E-state index contributed by atoms with van der Waals surface area (Å²) in [5.41, 5.74) is 4.12. The van der Waals surface area contributed by atoms with Crippen molar-refractivity contribution in [2.45, 2.75) is 46.6 Å². The summed E-state index contributed by atoms with van der Waals surface area (Å²) in [7, 11) is 1.43. The van der Waals surface area contributed by atoms with Gasteiger partial charge in [-0.2, -0.15) is 0 Å². The number of nitrogens with zero attached hydrogens (tertiary/aromatic N) is 1. The molecular formula is C29H35N3O5. The molecule has 1 unspecified atom stereocenters. The van der Waals surface area contributed by atoms with Gasteiger partial charge in [0.2, 0.25) is 0 Å². The quantitative estimate of drug-likeness (QED) is 0.304. The van der Waals surface area contributed by atoms with Crippen LogP contribution in [-0.4, -0.2) is 54.2 Å². The van der Waals surface area contributed by atoms with E-state index in [1.807, 2.05) is 64.1 Å². The summed E-state index contributed by atoms with van der Waals surface area (Å²) in [6, 6.07) is 13.1. The number of ether oxygens (including phenoxy) is 1. The van der Waals surface area contributed by atoms with Crippen LogP contribution in [0.3, 0.4) is 0 Å². The van der Waals surface area contributed by atoms with Gasteiger partial charge in [0.05, 0.1) is 17.9 Å². The van der Waals surface area contributed by atoms with Crippen molar-refractivity contribution in [3.63, 3.8) is 0 Å². The topological polar surface area (TPSA) is 108 Å². The van der Waals surface area contributed by atoms with Crippen LogP contribution in [-0.2, 0) is 9.53 Å². The van der Waals surface area contributed by atoms with Gasteiger partial charge in [0.1, 0.15) is 0 Å². The van der Waals surface area contributed by atoms with Gasteiger partial charge in [0, 0.05) is 19.3 Å². The van der Waals surface area contributed by atoms with E-state index >= 15 is 0 Å². The predicted molar refractivity (Wildman–Crippen MR) is 146 cm³/mol. The number of carbonyl (C=O) groups excluding carboxylic acids is 2. The number of urea groups is 1. The molecule has 0 bridgehead atoms. The smallest absolute Gasteiger partial charge is 0.328 e. The summed E-state index contributed by atoms with van der Waals surface area (Å²) in [6.07, 6.45) is 1.72. The molecule has 0 aromatic heterocycles. The standard InChI is InChI=1S/C29H35N3O5/c1-6-7-12-37-17-25(28(34)35)32(5)27(33)23-15-21-10-8-9-11-22(21)16-24(23)30-29(36)31-26-19(3)13-18(2)14-20(26)4/h8-11,13-16,25H,6-7,12,17H2,1-5H3,(H,34,35)(H2,30,31,36). The molecular weight excluding hydrogens is 470 g/mol. The lowest BCUT2D eigenvalue weighted by molar-refractivity contribution is -0.144. The minimum atomic E-state index is -1.17. The lowest BCUT2D eigenvalue weighted by Gasteiger charge is -2.26. The molecule has 196 valence electrons. The van der Waals surface area contributed by atoms with Gasteiger partial charge in [-0.3, -0.25) is 4.79 Å². The molecule has 3 rings (SSSR count). The van der Waals surface area contributed by atoms with E-state index in [-0.39, 0.29) is 17.9 Å². The van der Waals surface area contributed by atoms with Gasteiger partial charge in [-0.15, -0.1) is 0 Å². The van der Waals surface area contributed by atoms with Crippen molar-refractivity contribution in [3.8, 4) is 0 Å². The first-order valence-electron chi connectivity index (χ1n) is 12.4. The minimum absolute atomic E-state index is 0.125. The molecule has 8 heteroatoms. The lowest BCUT2D eigenvalue weighted by Crippen LogP contribution is -2.45. The molecule has 3 N–H and O–H groups in total. The molecule has 0 fully saturated rings. The van der Waals surface area contributed by atoms with E-state index in [9.17, 15) is 19.5 Å². The average molecular weight is 506 g/mol. The van der Waals surface area contributed by atoms with E-state index in [1.165, 1.54) is 7.05 Å². The van der Waals surface area contributed by atoms with Crippen molar-refractivity contribution in [3.05, 3.63) is 70.8 Å².